The summed E-state index contributed by atoms with van der Waals surface area (Å²) in [5.41, 5.74) is 2.41. The van der Waals surface area contributed by atoms with Crippen LogP contribution in [-0.4, -0.2) is 38.0 Å². The Morgan fingerprint density at radius 3 is 2.40 bits per heavy atom. The van der Waals surface area contributed by atoms with Gasteiger partial charge in [0, 0.05) is 25.2 Å². The number of carbonyl (C=O) groups excluding carboxylic acids is 1. The maximum Gasteiger partial charge on any atom is 0.328 e. The molecule has 0 aliphatic heterocycles. The van der Waals surface area contributed by atoms with Gasteiger partial charge in [-0.25, -0.2) is 17.9 Å². The van der Waals surface area contributed by atoms with Crippen molar-refractivity contribution in [3.05, 3.63) is 65.9 Å². The lowest BCUT2D eigenvalue weighted by Gasteiger charge is -2.22. The molecule has 1 heterocycles. The molecule has 2 aromatic carbocycles. The summed E-state index contributed by atoms with van der Waals surface area (Å²) in [7, 11) is -0.357. The summed E-state index contributed by atoms with van der Waals surface area (Å²) in [6.07, 6.45) is 2.35. The molecule has 1 atom stereocenters. The molecule has 0 aliphatic rings. The van der Waals surface area contributed by atoms with Crippen LogP contribution in [0.3, 0.4) is 0 Å². The monoisotopic (exact) mass is 427 g/mol. The Balaban J connectivity index is 2.10. The summed E-state index contributed by atoms with van der Waals surface area (Å²) in [6.45, 7) is 3.98. The van der Waals surface area contributed by atoms with Crippen LogP contribution in [0.4, 0.5) is 4.79 Å². The molecule has 0 fully saturated rings. The maximum absolute atomic E-state index is 13.1. The van der Waals surface area contributed by atoms with Gasteiger partial charge in [0.1, 0.15) is 0 Å². The van der Waals surface area contributed by atoms with Crippen molar-refractivity contribution in [3.63, 3.8) is 0 Å². The quantitative estimate of drug-likeness (QED) is 0.595. The van der Waals surface area contributed by atoms with Crippen molar-refractivity contribution in [1.82, 2.24) is 14.2 Å². The first kappa shape index (κ1) is 22.1. The number of hydrogen-bond donors (Lipinski definition) is 1. The van der Waals surface area contributed by atoms with Gasteiger partial charge in [0.2, 0.25) is 10.0 Å². The number of aromatic nitrogens is 1. The topological polar surface area (TPSA) is 71.4 Å². The molecule has 7 heteroatoms. The predicted molar refractivity (Wildman–Crippen MR) is 120 cm³/mol. The Morgan fingerprint density at radius 1 is 1.10 bits per heavy atom. The van der Waals surface area contributed by atoms with E-state index >= 15 is 0 Å². The van der Waals surface area contributed by atoms with Crippen molar-refractivity contribution >= 4 is 27.0 Å². The molecule has 1 aromatic heterocycles. The van der Waals surface area contributed by atoms with E-state index < -0.39 is 16.1 Å². The Hall–Kier alpha value is -2.64. The number of unbranched alkanes of at least 4 members (excludes halogenated alkanes) is 1. The number of rotatable bonds is 7. The summed E-state index contributed by atoms with van der Waals surface area (Å²) in [5.74, 6) is 0. The van der Waals surface area contributed by atoms with E-state index in [2.05, 4.69) is 11.6 Å². The number of amides is 1. The van der Waals surface area contributed by atoms with Gasteiger partial charge in [0.15, 0.2) is 0 Å². The normalized spacial score (nSPS) is 12.8. The minimum Gasteiger partial charge on any atom is -0.330 e. The van der Waals surface area contributed by atoms with E-state index in [4.69, 9.17) is 0 Å². The molecule has 1 amide bonds. The molecule has 0 aliphatic carbocycles. The highest BCUT2D eigenvalue weighted by atomic mass is 32.2. The summed E-state index contributed by atoms with van der Waals surface area (Å²) >= 11 is 0. The largest absolute Gasteiger partial charge is 0.330 e. The van der Waals surface area contributed by atoms with Gasteiger partial charge < -0.3 is 4.90 Å². The molecule has 1 unspecified atom stereocenters. The molecule has 0 saturated heterocycles. The zero-order chi connectivity index (χ0) is 21.9. The van der Waals surface area contributed by atoms with Crippen LogP contribution in [0.1, 0.15) is 43.5 Å². The fourth-order valence-corrected chi connectivity index (χ4v) is 4.74. The van der Waals surface area contributed by atoms with Gasteiger partial charge in [0.25, 0.3) is 0 Å². The van der Waals surface area contributed by atoms with Gasteiger partial charge in [-0.2, -0.15) is 0 Å². The van der Waals surface area contributed by atoms with Crippen molar-refractivity contribution in [2.45, 2.75) is 44.0 Å². The van der Waals surface area contributed by atoms with Gasteiger partial charge in [-0.05, 0) is 37.6 Å². The van der Waals surface area contributed by atoms with Crippen molar-refractivity contribution in [2.75, 3.05) is 14.1 Å². The van der Waals surface area contributed by atoms with Crippen LogP contribution in [0.2, 0.25) is 0 Å². The summed E-state index contributed by atoms with van der Waals surface area (Å²) in [6, 6.07) is 15.6. The molecule has 0 saturated carbocycles. The predicted octanol–water partition coefficient (Wildman–Crippen LogP) is 4.69. The van der Waals surface area contributed by atoms with E-state index in [0.29, 0.717) is 12.1 Å². The Kier molecular flexibility index (Phi) is 6.63. The number of nitrogens with zero attached hydrogens (tertiary/aromatic N) is 2. The highest BCUT2D eigenvalue weighted by molar-refractivity contribution is 7.89. The molecular formula is C23H29N3O3S. The summed E-state index contributed by atoms with van der Waals surface area (Å²) in [4.78, 5) is 14.7. The molecule has 0 bridgehead atoms. The molecule has 0 radical (unpaired) electrons. The van der Waals surface area contributed by atoms with E-state index in [1.807, 2.05) is 37.3 Å². The second kappa shape index (κ2) is 9.02. The Bertz CT molecular complexity index is 1130. The number of carbonyl (C=O) groups is 1. The lowest BCUT2D eigenvalue weighted by molar-refractivity contribution is 0.219. The molecular weight excluding hydrogens is 398 g/mol. The van der Waals surface area contributed by atoms with E-state index in [9.17, 15) is 13.2 Å². The van der Waals surface area contributed by atoms with E-state index in [1.54, 1.807) is 42.9 Å². The third-order valence-electron chi connectivity index (χ3n) is 5.15. The summed E-state index contributed by atoms with van der Waals surface area (Å²) < 4.78 is 30.7. The minimum absolute atomic E-state index is 0.206. The third kappa shape index (κ3) is 4.57. The molecule has 3 aromatic rings. The van der Waals surface area contributed by atoms with E-state index in [0.717, 1.165) is 29.3 Å². The van der Waals surface area contributed by atoms with Gasteiger partial charge in [-0.3, -0.25) is 4.57 Å². The zero-order valence-corrected chi connectivity index (χ0v) is 18.7. The fourth-order valence-electron chi connectivity index (χ4n) is 3.49. The van der Waals surface area contributed by atoms with Gasteiger partial charge in [-0.15, -0.1) is 0 Å². The SMILES string of the molecule is CCCCC(NS(=O)(=O)c1ccc(C)cc1)c1cc2ccccc2n1C(=O)N(C)C. The fraction of sp³-hybridized carbons (Fsp3) is 0.348. The first-order chi connectivity index (χ1) is 14.2. The van der Waals surface area contributed by atoms with Crippen LogP contribution in [0.25, 0.3) is 10.9 Å². The standard InChI is InChI=1S/C23H29N3O3S/c1-5-6-10-20(24-30(28,29)19-14-12-17(2)13-15-19)22-16-18-9-7-8-11-21(18)26(22)23(27)25(3)4/h7-9,11-16,20,24H,5-6,10H2,1-4H3. The first-order valence-electron chi connectivity index (χ1n) is 10.2. The lowest BCUT2D eigenvalue weighted by atomic mass is 10.1. The molecule has 1 N–H and O–H groups in total. The van der Waals surface area contributed by atoms with Crippen molar-refractivity contribution in [1.29, 1.82) is 0 Å². The number of fused-ring (bicyclic) bond motifs is 1. The lowest BCUT2D eigenvalue weighted by Crippen LogP contribution is -2.34. The van der Waals surface area contributed by atoms with E-state index in [1.165, 1.54) is 4.90 Å². The average Bonchev–Trinajstić information content (AvgIpc) is 3.10. The molecule has 3 rings (SSSR count). The number of hydrogen-bond acceptors (Lipinski definition) is 3. The van der Waals surface area contributed by atoms with Crippen molar-refractivity contribution in [2.24, 2.45) is 0 Å². The molecule has 6 nitrogen and oxygen atoms in total. The zero-order valence-electron chi connectivity index (χ0n) is 17.9. The van der Waals surface area contributed by atoms with Gasteiger partial charge >= 0.3 is 6.03 Å². The second-order valence-electron chi connectivity index (χ2n) is 7.77. The Labute approximate surface area is 178 Å². The number of nitrogens with one attached hydrogen (secondary N) is 1. The van der Waals surface area contributed by atoms with Crippen LogP contribution in [-0.2, 0) is 10.0 Å². The first-order valence-corrected chi connectivity index (χ1v) is 11.6. The highest BCUT2D eigenvalue weighted by Gasteiger charge is 2.27. The van der Waals surface area contributed by atoms with Crippen LogP contribution in [0.15, 0.2) is 59.5 Å². The van der Waals surface area contributed by atoms with Gasteiger partial charge in [-0.1, -0.05) is 55.7 Å². The minimum atomic E-state index is -3.74. The number of para-hydroxylation sites is 1. The third-order valence-corrected chi connectivity index (χ3v) is 6.63. The van der Waals surface area contributed by atoms with E-state index in [-0.39, 0.29) is 10.9 Å². The maximum atomic E-state index is 13.1. The molecule has 0 spiro atoms. The van der Waals surface area contributed by atoms with Crippen molar-refractivity contribution < 1.29 is 13.2 Å². The highest BCUT2D eigenvalue weighted by Crippen LogP contribution is 2.29. The van der Waals surface area contributed by atoms with Crippen LogP contribution in [0, 0.1) is 6.92 Å². The van der Waals surface area contributed by atoms with Crippen LogP contribution in [0.5, 0.6) is 0 Å². The van der Waals surface area contributed by atoms with Crippen molar-refractivity contribution in [3.8, 4) is 0 Å². The number of benzene rings is 2. The van der Waals surface area contributed by atoms with Crippen LogP contribution < -0.4 is 4.72 Å². The second-order valence-corrected chi connectivity index (χ2v) is 9.48. The molecule has 30 heavy (non-hydrogen) atoms. The molecule has 160 valence electrons. The number of sulfonamides is 1. The smallest absolute Gasteiger partial charge is 0.328 e. The van der Waals surface area contributed by atoms with Crippen LogP contribution >= 0.6 is 0 Å². The summed E-state index contributed by atoms with van der Waals surface area (Å²) in [5, 5.41) is 0.902. The van der Waals surface area contributed by atoms with Gasteiger partial charge in [0.05, 0.1) is 16.5 Å². The average molecular weight is 428 g/mol. The Morgan fingerprint density at radius 2 is 1.77 bits per heavy atom. The number of aryl methyl sites for hydroxylation is 1.